The van der Waals surface area contributed by atoms with Crippen LogP contribution in [0.15, 0.2) is 73.1 Å². The third-order valence-corrected chi connectivity index (χ3v) is 4.74. The Kier molecular flexibility index (Phi) is 6.15. The monoisotopic (exact) mass is 429 g/mol. The molecule has 2 aromatic carbocycles. The predicted molar refractivity (Wildman–Crippen MR) is 117 cm³/mol. The van der Waals surface area contributed by atoms with Gasteiger partial charge in [-0.15, -0.1) is 12.4 Å². The van der Waals surface area contributed by atoms with Crippen molar-refractivity contribution in [1.29, 1.82) is 0 Å². The van der Waals surface area contributed by atoms with Gasteiger partial charge in [0.25, 0.3) is 5.91 Å². The van der Waals surface area contributed by atoms with Crippen LogP contribution in [0.3, 0.4) is 0 Å². The number of hydrogen-bond donors (Lipinski definition) is 1. The van der Waals surface area contributed by atoms with Crippen LogP contribution in [0.25, 0.3) is 22.2 Å². The third-order valence-electron chi connectivity index (χ3n) is 4.11. The Morgan fingerprint density at radius 2 is 1.64 bits per heavy atom. The molecule has 0 fully saturated rings. The fourth-order valence-electron chi connectivity index (χ4n) is 2.83. The Morgan fingerprint density at radius 1 is 0.893 bits per heavy atom. The number of anilines is 1. The maximum Gasteiger partial charge on any atom is 0.258 e. The molecular formula is C21H14Cl3N3O. The van der Waals surface area contributed by atoms with E-state index < -0.39 is 0 Å². The number of fused-ring (bicyclic) bond motifs is 1. The van der Waals surface area contributed by atoms with Crippen LogP contribution in [0, 0.1) is 0 Å². The second-order valence-corrected chi connectivity index (χ2v) is 6.68. The summed E-state index contributed by atoms with van der Waals surface area (Å²) in [5, 5.41) is 4.34. The molecule has 1 N–H and O–H groups in total. The molecule has 2 heterocycles. The van der Waals surface area contributed by atoms with Crippen LogP contribution in [-0.4, -0.2) is 15.9 Å². The minimum absolute atomic E-state index is 0. The molecule has 0 aliphatic carbocycles. The van der Waals surface area contributed by atoms with Crippen LogP contribution in [0.4, 0.5) is 5.69 Å². The highest BCUT2D eigenvalue weighted by Crippen LogP contribution is 2.28. The van der Waals surface area contributed by atoms with Crippen molar-refractivity contribution < 1.29 is 4.79 Å². The summed E-state index contributed by atoms with van der Waals surface area (Å²) in [6.45, 7) is 0. The first-order chi connectivity index (χ1) is 13.1. The summed E-state index contributed by atoms with van der Waals surface area (Å²) in [6, 6.07) is 18.2. The summed E-state index contributed by atoms with van der Waals surface area (Å²) in [4.78, 5) is 21.5. The van der Waals surface area contributed by atoms with Crippen molar-refractivity contribution in [3.8, 4) is 11.3 Å². The number of para-hydroxylation sites is 1. The summed E-state index contributed by atoms with van der Waals surface area (Å²) in [5.74, 6) is -0.381. The predicted octanol–water partition coefficient (Wildman–Crippen LogP) is 6.28. The van der Waals surface area contributed by atoms with Crippen LogP contribution < -0.4 is 5.32 Å². The zero-order chi connectivity index (χ0) is 18.8. The molecule has 4 nitrogen and oxygen atoms in total. The van der Waals surface area contributed by atoms with Gasteiger partial charge in [-0.05, 0) is 36.4 Å². The van der Waals surface area contributed by atoms with Crippen molar-refractivity contribution in [2.24, 2.45) is 0 Å². The van der Waals surface area contributed by atoms with Gasteiger partial charge < -0.3 is 5.32 Å². The number of benzene rings is 2. The van der Waals surface area contributed by atoms with Crippen LogP contribution in [0.2, 0.25) is 10.0 Å². The van der Waals surface area contributed by atoms with E-state index in [1.807, 2.05) is 36.4 Å². The SMILES string of the molecule is Cl.O=C(Nc1cccc2cc(-c3ccccn3)cnc12)c1c(Cl)cccc1Cl. The molecule has 0 radical (unpaired) electrons. The molecule has 28 heavy (non-hydrogen) atoms. The van der Waals surface area contributed by atoms with E-state index in [1.165, 1.54) is 0 Å². The number of carbonyl (C=O) groups excluding carboxylic acids is 1. The minimum atomic E-state index is -0.381. The number of nitrogens with zero attached hydrogens (tertiary/aromatic N) is 2. The lowest BCUT2D eigenvalue weighted by Gasteiger charge is -2.11. The van der Waals surface area contributed by atoms with Crippen molar-refractivity contribution in [2.45, 2.75) is 0 Å². The van der Waals surface area contributed by atoms with E-state index in [4.69, 9.17) is 23.2 Å². The highest BCUT2D eigenvalue weighted by molar-refractivity contribution is 6.40. The van der Waals surface area contributed by atoms with E-state index in [0.717, 1.165) is 16.6 Å². The van der Waals surface area contributed by atoms with Crippen molar-refractivity contribution in [2.75, 3.05) is 5.32 Å². The van der Waals surface area contributed by atoms with Crippen LogP contribution in [0.1, 0.15) is 10.4 Å². The molecule has 0 unspecified atom stereocenters. The highest BCUT2D eigenvalue weighted by Gasteiger charge is 2.16. The zero-order valence-corrected chi connectivity index (χ0v) is 16.7. The van der Waals surface area contributed by atoms with Crippen molar-refractivity contribution in [3.05, 3.63) is 88.7 Å². The summed E-state index contributed by atoms with van der Waals surface area (Å²) < 4.78 is 0. The molecule has 140 valence electrons. The molecule has 0 aliphatic heterocycles. The molecule has 4 aromatic rings. The quantitative estimate of drug-likeness (QED) is 0.416. The van der Waals surface area contributed by atoms with Crippen LogP contribution >= 0.6 is 35.6 Å². The first kappa shape index (κ1) is 20.1. The van der Waals surface area contributed by atoms with Gasteiger partial charge >= 0.3 is 0 Å². The summed E-state index contributed by atoms with van der Waals surface area (Å²) >= 11 is 12.3. The van der Waals surface area contributed by atoms with Crippen molar-refractivity contribution >= 4 is 58.1 Å². The maximum atomic E-state index is 12.7. The van der Waals surface area contributed by atoms with Crippen LogP contribution in [-0.2, 0) is 0 Å². The number of amides is 1. The second-order valence-electron chi connectivity index (χ2n) is 5.87. The van der Waals surface area contributed by atoms with Crippen LogP contribution in [0.5, 0.6) is 0 Å². The van der Waals surface area contributed by atoms with Gasteiger partial charge in [-0.1, -0.05) is 47.5 Å². The Bertz CT molecular complexity index is 1130. The summed E-state index contributed by atoms with van der Waals surface area (Å²) in [6.07, 6.45) is 3.48. The van der Waals surface area contributed by atoms with E-state index >= 15 is 0 Å². The second kappa shape index (κ2) is 8.57. The minimum Gasteiger partial charge on any atom is -0.320 e. The van der Waals surface area contributed by atoms with E-state index in [-0.39, 0.29) is 23.9 Å². The van der Waals surface area contributed by atoms with Gasteiger partial charge in [-0.3, -0.25) is 14.8 Å². The number of hydrogen-bond acceptors (Lipinski definition) is 3. The molecule has 0 atom stereocenters. The van der Waals surface area contributed by atoms with Gasteiger partial charge in [0.15, 0.2) is 0 Å². The largest absolute Gasteiger partial charge is 0.320 e. The van der Waals surface area contributed by atoms with E-state index in [9.17, 15) is 4.79 Å². The highest BCUT2D eigenvalue weighted by atomic mass is 35.5. The number of halogens is 3. The number of pyridine rings is 2. The number of carbonyl (C=O) groups is 1. The van der Waals surface area contributed by atoms with Gasteiger partial charge in [0.2, 0.25) is 0 Å². The van der Waals surface area contributed by atoms with Gasteiger partial charge in [-0.25, -0.2) is 0 Å². The average Bonchev–Trinajstić information content (AvgIpc) is 2.68. The topological polar surface area (TPSA) is 54.9 Å². The van der Waals surface area contributed by atoms with E-state index in [2.05, 4.69) is 15.3 Å². The standard InChI is InChI=1S/C21H13Cl2N3O.ClH/c22-15-6-4-7-16(23)19(15)21(27)26-18-9-3-5-13-11-14(12-25-20(13)18)17-8-1-2-10-24-17;/h1-12H,(H,26,27);1H. The third kappa shape index (κ3) is 3.94. The molecule has 0 bridgehead atoms. The van der Waals surface area contributed by atoms with Gasteiger partial charge in [-0.2, -0.15) is 0 Å². The first-order valence-electron chi connectivity index (χ1n) is 8.19. The van der Waals surface area contributed by atoms with Gasteiger partial charge in [0.1, 0.15) is 0 Å². The fourth-order valence-corrected chi connectivity index (χ4v) is 3.40. The average molecular weight is 431 g/mol. The van der Waals surface area contributed by atoms with Crippen molar-refractivity contribution in [1.82, 2.24) is 9.97 Å². The molecule has 0 saturated heterocycles. The normalized spacial score (nSPS) is 10.4. The number of nitrogens with one attached hydrogen (secondary N) is 1. The molecule has 0 spiro atoms. The Labute approximate surface area is 178 Å². The molecule has 0 aliphatic rings. The fraction of sp³-hybridized carbons (Fsp3) is 0. The summed E-state index contributed by atoms with van der Waals surface area (Å²) in [5.41, 5.74) is 3.24. The Morgan fingerprint density at radius 3 is 2.36 bits per heavy atom. The molecular weight excluding hydrogens is 417 g/mol. The molecule has 2 aromatic heterocycles. The smallest absolute Gasteiger partial charge is 0.258 e. The Balaban J connectivity index is 0.00000225. The Hall–Kier alpha value is -2.66. The zero-order valence-electron chi connectivity index (χ0n) is 14.4. The number of rotatable bonds is 3. The summed E-state index contributed by atoms with van der Waals surface area (Å²) in [7, 11) is 0. The lowest BCUT2D eigenvalue weighted by atomic mass is 10.1. The number of aromatic nitrogens is 2. The lowest BCUT2D eigenvalue weighted by molar-refractivity contribution is 0.102. The molecule has 4 rings (SSSR count). The maximum absolute atomic E-state index is 12.7. The molecule has 7 heteroatoms. The van der Waals surface area contributed by atoms with Gasteiger partial charge in [0, 0.05) is 23.3 Å². The first-order valence-corrected chi connectivity index (χ1v) is 8.94. The molecule has 0 saturated carbocycles. The van der Waals surface area contributed by atoms with Gasteiger partial charge in [0.05, 0.1) is 32.5 Å². The lowest BCUT2D eigenvalue weighted by Crippen LogP contribution is -2.13. The van der Waals surface area contributed by atoms with Crippen molar-refractivity contribution in [3.63, 3.8) is 0 Å². The molecule has 1 amide bonds. The van der Waals surface area contributed by atoms with E-state index in [0.29, 0.717) is 21.2 Å². The van der Waals surface area contributed by atoms with E-state index in [1.54, 1.807) is 36.7 Å².